The number of nitrogens with one attached hydrogen (secondary N) is 1. The molecule has 0 aromatic carbocycles. The Morgan fingerprint density at radius 3 is 1.94 bits per heavy atom. The van der Waals surface area contributed by atoms with E-state index in [2.05, 4.69) is 9.97 Å². The van der Waals surface area contributed by atoms with E-state index in [9.17, 15) is 8.42 Å². The zero-order valence-electron chi connectivity index (χ0n) is 8.58. The van der Waals surface area contributed by atoms with Gasteiger partial charge in [-0.1, -0.05) is 12.2 Å². The molecule has 90 valence electrons. The zero-order chi connectivity index (χ0) is 12.7. The topological polar surface area (TPSA) is 62.8 Å². The lowest BCUT2D eigenvalue weighted by molar-refractivity contribution is 0.609. The molecular weight excluding hydrogens is 280 g/mol. The zero-order valence-corrected chi connectivity index (χ0v) is 11.0. The maximum Gasteiger partial charge on any atom is 0.261 e. The molecule has 2 aromatic heterocycles. The second kappa shape index (κ2) is 6.48. The molecule has 2 rings (SSSR count). The maximum atomic E-state index is 10.6. The predicted molar refractivity (Wildman–Crippen MR) is 68.9 cm³/mol. The Kier molecular flexibility index (Phi) is 5.27. The van der Waals surface area contributed by atoms with E-state index >= 15 is 0 Å². The van der Waals surface area contributed by atoms with E-state index in [1.165, 1.54) is 24.5 Å². The number of pyridine rings is 2. The normalized spacial score (nSPS) is 10.2. The molecule has 0 spiro atoms. The summed E-state index contributed by atoms with van der Waals surface area (Å²) < 4.78 is 22.0. The third-order valence-electron chi connectivity index (χ3n) is 1.62. The first kappa shape index (κ1) is 13.8. The third-order valence-corrected chi connectivity index (χ3v) is 3.26. The van der Waals surface area contributed by atoms with E-state index in [-0.39, 0.29) is 4.90 Å². The first-order valence-electron chi connectivity index (χ1n) is 4.48. The van der Waals surface area contributed by atoms with Crippen molar-refractivity contribution in [3.05, 3.63) is 53.6 Å². The van der Waals surface area contributed by atoms with Gasteiger partial charge in [-0.15, -0.1) is 0 Å². The van der Waals surface area contributed by atoms with Crippen LogP contribution in [0.25, 0.3) is 0 Å². The molecular formula is C10H9ClN2O2S2. The largest absolute Gasteiger partial charge is 0.368 e. The van der Waals surface area contributed by atoms with Crippen LogP contribution in [-0.2, 0) is 9.05 Å². The lowest BCUT2D eigenvalue weighted by atomic mass is 10.5. The quantitative estimate of drug-likeness (QED) is 0.647. The van der Waals surface area contributed by atoms with Gasteiger partial charge in [-0.3, -0.25) is 4.98 Å². The Balaban J connectivity index is 0.000000181. The minimum atomic E-state index is -3.57. The molecule has 0 saturated heterocycles. The Hall–Kier alpha value is -1.24. The molecule has 0 amide bonds. The van der Waals surface area contributed by atoms with Gasteiger partial charge in [0.25, 0.3) is 9.05 Å². The summed E-state index contributed by atoms with van der Waals surface area (Å²) in [5.41, 5.74) is 0. The van der Waals surface area contributed by atoms with Crippen molar-refractivity contribution in [1.82, 2.24) is 9.97 Å². The van der Waals surface area contributed by atoms with Crippen LogP contribution in [-0.4, -0.2) is 18.4 Å². The SMILES string of the molecule is O=S(=O)(Cl)c1ccncc1.S=c1cc[nH]cc1. The van der Waals surface area contributed by atoms with Crippen molar-refractivity contribution >= 4 is 32.0 Å². The number of hydrogen-bond acceptors (Lipinski definition) is 4. The van der Waals surface area contributed by atoms with Crippen LogP contribution in [0.5, 0.6) is 0 Å². The molecule has 1 N–H and O–H groups in total. The van der Waals surface area contributed by atoms with Gasteiger partial charge >= 0.3 is 0 Å². The lowest BCUT2D eigenvalue weighted by Crippen LogP contribution is -1.88. The molecule has 0 aliphatic rings. The molecule has 2 heterocycles. The monoisotopic (exact) mass is 288 g/mol. The fourth-order valence-electron chi connectivity index (χ4n) is 0.872. The summed E-state index contributed by atoms with van der Waals surface area (Å²) in [5.74, 6) is 0. The van der Waals surface area contributed by atoms with Crippen LogP contribution >= 0.6 is 22.9 Å². The molecule has 0 aliphatic carbocycles. The van der Waals surface area contributed by atoms with Gasteiger partial charge < -0.3 is 4.98 Å². The van der Waals surface area contributed by atoms with Gasteiger partial charge in [0.2, 0.25) is 0 Å². The first-order chi connectivity index (χ1) is 8.00. The highest BCUT2D eigenvalue weighted by molar-refractivity contribution is 8.13. The Labute approximate surface area is 109 Å². The van der Waals surface area contributed by atoms with Crippen molar-refractivity contribution < 1.29 is 8.42 Å². The number of H-pyrrole nitrogens is 1. The Morgan fingerprint density at radius 2 is 1.65 bits per heavy atom. The summed E-state index contributed by atoms with van der Waals surface area (Å²) in [6, 6.07) is 6.36. The minimum Gasteiger partial charge on any atom is -0.368 e. The molecule has 7 heteroatoms. The number of nitrogens with zero attached hydrogens (tertiary/aromatic N) is 1. The third kappa shape index (κ3) is 5.58. The molecule has 0 aliphatic heterocycles. The number of aromatic amines is 1. The molecule has 0 fully saturated rings. The summed E-state index contributed by atoms with van der Waals surface area (Å²) in [4.78, 5) is 6.58. The second-order valence-corrected chi connectivity index (χ2v) is 5.89. The van der Waals surface area contributed by atoms with Gasteiger partial charge in [0.1, 0.15) is 0 Å². The van der Waals surface area contributed by atoms with Crippen molar-refractivity contribution in [2.75, 3.05) is 0 Å². The fraction of sp³-hybridized carbons (Fsp3) is 0. The van der Waals surface area contributed by atoms with Crippen LogP contribution in [0.15, 0.2) is 53.9 Å². The smallest absolute Gasteiger partial charge is 0.261 e. The average molecular weight is 289 g/mol. The highest BCUT2D eigenvalue weighted by atomic mass is 35.7. The van der Waals surface area contributed by atoms with E-state index in [4.69, 9.17) is 22.9 Å². The van der Waals surface area contributed by atoms with Crippen molar-refractivity contribution in [2.45, 2.75) is 4.90 Å². The summed E-state index contributed by atoms with van der Waals surface area (Å²) in [7, 11) is 1.43. The molecule has 0 radical (unpaired) electrons. The van der Waals surface area contributed by atoms with Crippen LogP contribution < -0.4 is 0 Å². The molecule has 0 atom stereocenters. The van der Waals surface area contributed by atoms with Gasteiger partial charge in [0, 0.05) is 40.0 Å². The Bertz CT molecular complexity index is 594. The maximum absolute atomic E-state index is 10.6. The minimum absolute atomic E-state index is 0.0733. The number of hydrogen-bond donors (Lipinski definition) is 1. The summed E-state index contributed by atoms with van der Waals surface area (Å²) in [5, 5.41) is 0. The van der Waals surface area contributed by atoms with Crippen molar-refractivity contribution in [3.8, 4) is 0 Å². The van der Waals surface area contributed by atoms with Gasteiger partial charge in [-0.2, -0.15) is 0 Å². The van der Waals surface area contributed by atoms with E-state index in [0.717, 1.165) is 4.51 Å². The Morgan fingerprint density at radius 1 is 1.12 bits per heavy atom. The van der Waals surface area contributed by atoms with Crippen LogP contribution in [0, 0.1) is 4.51 Å². The van der Waals surface area contributed by atoms with Crippen LogP contribution in [0.3, 0.4) is 0 Å². The van der Waals surface area contributed by atoms with Gasteiger partial charge in [-0.05, 0) is 24.3 Å². The summed E-state index contributed by atoms with van der Waals surface area (Å²) >= 11 is 4.79. The highest BCUT2D eigenvalue weighted by Crippen LogP contribution is 2.11. The van der Waals surface area contributed by atoms with Crippen LogP contribution in [0.2, 0.25) is 0 Å². The average Bonchev–Trinajstić information content (AvgIpc) is 2.31. The predicted octanol–water partition coefficient (Wildman–Crippen LogP) is 2.75. The molecule has 2 aromatic rings. The van der Waals surface area contributed by atoms with Crippen molar-refractivity contribution in [3.63, 3.8) is 0 Å². The molecule has 17 heavy (non-hydrogen) atoms. The fourth-order valence-corrected chi connectivity index (χ4v) is 1.76. The van der Waals surface area contributed by atoms with Crippen molar-refractivity contribution in [1.29, 1.82) is 0 Å². The molecule has 0 saturated carbocycles. The van der Waals surface area contributed by atoms with E-state index in [1.807, 2.05) is 24.5 Å². The van der Waals surface area contributed by atoms with Gasteiger partial charge in [-0.25, -0.2) is 8.42 Å². The number of rotatable bonds is 1. The molecule has 4 nitrogen and oxygen atoms in total. The first-order valence-corrected chi connectivity index (χ1v) is 7.20. The van der Waals surface area contributed by atoms with E-state index in [1.54, 1.807) is 0 Å². The highest BCUT2D eigenvalue weighted by Gasteiger charge is 2.06. The van der Waals surface area contributed by atoms with Crippen molar-refractivity contribution in [2.24, 2.45) is 0 Å². The number of halogens is 1. The summed E-state index contributed by atoms with van der Waals surface area (Å²) in [6.07, 6.45) is 6.36. The second-order valence-electron chi connectivity index (χ2n) is 2.86. The lowest BCUT2D eigenvalue weighted by Gasteiger charge is -1.90. The molecule has 0 bridgehead atoms. The van der Waals surface area contributed by atoms with E-state index in [0.29, 0.717) is 0 Å². The molecule has 0 unspecified atom stereocenters. The van der Waals surface area contributed by atoms with Crippen LogP contribution in [0.4, 0.5) is 0 Å². The van der Waals surface area contributed by atoms with Crippen LogP contribution in [0.1, 0.15) is 0 Å². The van der Waals surface area contributed by atoms with E-state index < -0.39 is 9.05 Å². The van der Waals surface area contributed by atoms with Gasteiger partial charge in [0.15, 0.2) is 0 Å². The summed E-state index contributed by atoms with van der Waals surface area (Å²) in [6.45, 7) is 0. The standard InChI is InChI=1S/C5H4ClNO2S.C5H5NS/c6-10(8,9)5-1-3-7-4-2-5;7-5-1-3-6-4-2-5/h1-4H;1-4H,(H,6,7). The van der Waals surface area contributed by atoms with Gasteiger partial charge in [0.05, 0.1) is 4.90 Å². The number of aromatic nitrogens is 2.